The lowest BCUT2D eigenvalue weighted by Crippen LogP contribution is -2.46. The van der Waals surface area contributed by atoms with Crippen molar-refractivity contribution in [2.45, 2.75) is 32.0 Å². The molecule has 4 rings (SSSR count). The summed E-state index contributed by atoms with van der Waals surface area (Å²) in [6.45, 7) is 2.29. The highest BCUT2D eigenvalue weighted by Gasteiger charge is 2.22. The molecule has 2 atom stereocenters. The second-order valence-corrected chi connectivity index (χ2v) is 8.07. The SMILES string of the molecule is C[C@H](NC(=O)[C@@H](Cc1c[nH]c2ccccc12)NCc1cccc([N+](=O)[O-])c1)c1ccccc1. The van der Waals surface area contributed by atoms with E-state index in [1.165, 1.54) is 12.1 Å². The average Bonchev–Trinajstić information content (AvgIpc) is 3.25. The van der Waals surface area contributed by atoms with Crippen LogP contribution in [0, 0.1) is 10.1 Å². The maximum Gasteiger partial charge on any atom is 0.269 e. The Balaban J connectivity index is 1.54. The fraction of sp³-hybridized carbons (Fsp3) is 0.192. The van der Waals surface area contributed by atoms with Gasteiger partial charge in [0, 0.05) is 35.8 Å². The van der Waals surface area contributed by atoms with Crippen molar-refractivity contribution in [1.29, 1.82) is 0 Å². The number of nitrogens with one attached hydrogen (secondary N) is 3. The number of nitrogens with zero attached hydrogens (tertiary/aromatic N) is 1. The predicted molar refractivity (Wildman–Crippen MR) is 129 cm³/mol. The second-order valence-electron chi connectivity index (χ2n) is 8.07. The zero-order valence-electron chi connectivity index (χ0n) is 18.3. The Morgan fingerprint density at radius 2 is 1.79 bits per heavy atom. The Morgan fingerprint density at radius 1 is 1.03 bits per heavy atom. The monoisotopic (exact) mass is 442 g/mol. The standard InChI is InChI=1S/C26H26N4O3/c1-18(20-9-3-2-4-10-20)29-26(31)25(15-21-17-28-24-13-6-5-12-23(21)24)27-16-19-8-7-11-22(14-19)30(32)33/h2-14,17-18,25,27-28H,15-16H2,1H3,(H,29,31)/t18-,25+/m0/s1. The Bertz CT molecular complexity index is 1250. The summed E-state index contributed by atoms with van der Waals surface area (Å²) in [7, 11) is 0. The lowest BCUT2D eigenvalue weighted by Gasteiger charge is -2.22. The summed E-state index contributed by atoms with van der Waals surface area (Å²) in [6, 6.07) is 23.6. The molecule has 0 aliphatic carbocycles. The van der Waals surface area contributed by atoms with Gasteiger partial charge >= 0.3 is 0 Å². The summed E-state index contributed by atoms with van der Waals surface area (Å²) in [5.41, 5.74) is 3.85. The van der Waals surface area contributed by atoms with E-state index in [4.69, 9.17) is 0 Å². The molecule has 0 radical (unpaired) electrons. The quantitative estimate of drug-likeness (QED) is 0.259. The third kappa shape index (κ3) is 5.45. The number of hydrogen-bond donors (Lipinski definition) is 3. The van der Waals surface area contributed by atoms with Crippen molar-refractivity contribution in [2.75, 3.05) is 0 Å². The van der Waals surface area contributed by atoms with Gasteiger partial charge in [-0.15, -0.1) is 0 Å². The van der Waals surface area contributed by atoms with Crippen LogP contribution in [0.4, 0.5) is 5.69 Å². The molecule has 168 valence electrons. The van der Waals surface area contributed by atoms with Gasteiger partial charge in [-0.25, -0.2) is 0 Å². The Hall–Kier alpha value is -3.97. The minimum absolute atomic E-state index is 0.0321. The minimum atomic E-state index is -0.519. The highest BCUT2D eigenvalue weighted by molar-refractivity contribution is 5.86. The summed E-state index contributed by atoms with van der Waals surface area (Å²) >= 11 is 0. The van der Waals surface area contributed by atoms with Gasteiger partial charge in [0.05, 0.1) is 17.0 Å². The fourth-order valence-electron chi connectivity index (χ4n) is 3.94. The molecule has 0 aliphatic heterocycles. The van der Waals surface area contributed by atoms with Gasteiger partial charge in [0.25, 0.3) is 5.69 Å². The van der Waals surface area contributed by atoms with E-state index in [1.807, 2.05) is 73.8 Å². The van der Waals surface area contributed by atoms with Crippen LogP contribution in [0.2, 0.25) is 0 Å². The highest BCUT2D eigenvalue weighted by atomic mass is 16.6. The normalized spacial score (nSPS) is 12.9. The molecule has 0 unspecified atom stereocenters. The number of carbonyl (C=O) groups excluding carboxylic acids is 1. The van der Waals surface area contributed by atoms with Gasteiger partial charge in [-0.05, 0) is 36.1 Å². The molecule has 0 spiro atoms. The molecule has 3 aromatic carbocycles. The van der Waals surface area contributed by atoms with Crippen molar-refractivity contribution in [3.05, 3.63) is 112 Å². The summed E-state index contributed by atoms with van der Waals surface area (Å²) in [6.07, 6.45) is 2.41. The van der Waals surface area contributed by atoms with E-state index >= 15 is 0 Å². The molecule has 33 heavy (non-hydrogen) atoms. The van der Waals surface area contributed by atoms with E-state index in [9.17, 15) is 14.9 Å². The van der Waals surface area contributed by atoms with Crippen molar-refractivity contribution >= 4 is 22.5 Å². The number of aromatic nitrogens is 1. The zero-order chi connectivity index (χ0) is 23.2. The molecule has 0 bridgehead atoms. The number of nitro groups is 1. The topological polar surface area (TPSA) is 100 Å². The maximum atomic E-state index is 13.3. The lowest BCUT2D eigenvalue weighted by molar-refractivity contribution is -0.384. The van der Waals surface area contributed by atoms with E-state index in [2.05, 4.69) is 15.6 Å². The predicted octanol–water partition coefficient (Wildman–Crippen LogP) is 4.65. The average molecular weight is 443 g/mol. The number of amides is 1. The van der Waals surface area contributed by atoms with Crippen LogP contribution in [0.5, 0.6) is 0 Å². The van der Waals surface area contributed by atoms with Crippen molar-refractivity contribution in [2.24, 2.45) is 0 Å². The Labute approximate surface area is 192 Å². The van der Waals surface area contributed by atoms with Gasteiger partial charge in [-0.1, -0.05) is 60.7 Å². The van der Waals surface area contributed by atoms with E-state index in [0.29, 0.717) is 13.0 Å². The Kier molecular flexibility index (Phi) is 6.80. The van der Waals surface area contributed by atoms with Crippen LogP contribution >= 0.6 is 0 Å². The molecule has 0 saturated heterocycles. The van der Waals surface area contributed by atoms with Gasteiger partial charge in [0.2, 0.25) is 5.91 Å². The van der Waals surface area contributed by atoms with Gasteiger partial charge in [0.1, 0.15) is 0 Å². The molecular weight excluding hydrogens is 416 g/mol. The van der Waals surface area contributed by atoms with Gasteiger partial charge in [0.15, 0.2) is 0 Å². The largest absolute Gasteiger partial charge is 0.361 e. The highest BCUT2D eigenvalue weighted by Crippen LogP contribution is 2.20. The van der Waals surface area contributed by atoms with Gasteiger partial charge in [-0.2, -0.15) is 0 Å². The van der Waals surface area contributed by atoms with Crippen molar-refractivity contribution in [3.8, 4) is 0 Å². The summed E-state index contributed by atoms with van der Waals surface area (Å²) < 4.78 is 0. The molecule has 0 saturated carbocycles. The number of H-pyrrole nitrogens is 1. The number of rotatable bonds is 9. The summed E-state index contributed by atoms with van der Waals surface area (Å²) in [5, 5.41) is 18.6. The van der Waals surface area contributed by atoms with Crippen LogP contribution in [0.3, 0.4) is 0 Å². The van der Waals surface area contributed by atoms with Gasteiger partial charge in [-0.3, -0.25) is 14.9 Å². The fourth-order valence-corrected chi connectivity index (χ4v) is 3.94. The number of benzene rings is 3. The molecule has 0 aliphatic rings. The molecule has 3 N–H and O–H groups in total. The van der Waals surface area contributed by atoms with Gasteiger partial charge < -0.3 is 15.6 Å². The van der Waals surface area contributed by atoms with E-state index in [0.717, 1.165) is 27.6 Å². The van der Waals surface area contributed by atoms with Crippen LogP contribution in [-0.2, 0) is 17.8 Å². The summed E-state index contributed by atoms with van der Waals surface area (Å²) in [4.78, 5) is 27.2. The number of hydrogen-bond acceptors (Lipinski definition) is 4. The molecule has 1 heterocycles. The molecule has 1 amide bonds. The van der Waals surface area contributed by atoms with Crippen LogP contribution in [-0.4, -0.2) is 21.9 Å². The maximum absolute atomic E-state index is 13.3. The number of non-ortho nitro benzene ring substituents is 1. The van der Waals surface area contributed by atoms with Crippen molar-refractivity contribution in [3.63, 3.8) is 0 Å². The van der Waals surface area contributed by atoms with E-state index < -0.39 is 11.0 Å². The molecule has 1 aromatic heterocycles. The first-order chi connectivity index (χ1) is 16.0. The van der Waals surface area contributed by atoms with Crippen LogP contribution < -0.4 is 10.6 Å². The molecule has 7 nitrogen and oxygen atoms in total. The van der Waals surface area contributed by atoms with E-state index in [-0.39, 0.29) is 17.6 Å². The summed E-state index contributed by atoms with van der Waals surface area (Å²) in [5.74, 6) is -0.123. The first kappa shape index (κ1) is 22.2. The molecular formula is C26H26N4O3. The number of aromatic amines is 1. The first-order valence-electron chi connectivity index (χ1n) is 10.9. The lowest BCUT2D eigenvalue weighted by atomic mass is 10.0. The van der Waals surface area contributed by atoms with Crippen LogP contribution in [0.25, 0.3) is 10.9 Å². The number of carbonyl (C=O) groups is 1. The molecule has 7 heteroatoms. The zero-order valence-corrected chi connectivity index (χ0v) is 18.3. The second kappa shape index (κ2) is 10.1. The smallest absolute Gasteiger partial charge is 0.269 e. The minimum Gasteiger partial charge on any atom is -0.361 e. The molecule has 4 aromatic rings. The third-order valence-corrected chi connectivity index (χ3v) is 5.75. The number of fused-ring (bicyclic) bond motifs is 1. The van der Waals surface area contributed by atoms with Crippen molar-refractivity contribution < 1.29 is 9.72 Å². The Morgan fingerprint density at radius 3 is 2.58 bits per heavy atom. The first-order valence-corrected chi connectivity index (χ1v) is 10.9. The molecule has 0 fully saturated rings. The van der Waals surface area contributed by atoms with E-state index in [1.54, 1.807) is 6.07 Å². The number of nitro benzene ring substituents is 1. The third-order valence-electron chi connectivity index (χ3n) is 5.75. The van der Waals surface area contributed by atoms with Crippen molar-refractivity contribution in [1.82, 2.24) is 15.6 Å². The number of para-hydroxylation sites is 1. The van der Waals surface area contributed by atoms with Crippen LogP contribution in [0.1, 0.15) is 29.7 Å². The van der Waals surface area contributed by atoms with Crippen LogP contribution in [0.15, 0.2) is 85.1 Å².